The van der Waals surface area contributed by atoms with E-state index in [1.807, 2.05) is 77.7 Å². The SMILES string of the molecule is O=C(NCc1cccc2ccccc12)c1ccc([C@@H]2SCC(=O)N2Cc2ccc(Cl)cc2)cc1. The van der Waals surface area contributed by atoms with Gasteiger partial charge in [-0.2, -0.15) is 0 Å². The van der Waals surface area contributed by atoms with E-state index in [9.17, 15) is 9.59 Å². The van der Waals surface area contributed by atoms with Crippen LogP contribution >= 0.6 is 23.4 Å². The maximum Gasteiger partial charge on any atom is 0.251 e. The van der Waals surface area contributed by atoms with Crippen LogP contribution in [0.2, 0.25) is 5.02 Å². The summed E-state index contributed by atoms with van der Waals surface area (Å²) in [4.78, 5) is 27.2. The van der Waals surface area contributed by atoms with Gasteiger partial charge in [0.15, 0.2) is 0 Å². The quantitative estimate of drug-likeness (QED) is 0.353. The first-order valence-electron chi connectivity index (χ1n) is 11.1. The highest BCUT2D eigenvalue weighted by Gasteiger charge is 2.32. The Kier molecular flexibility index (Phi) is 6.57. The van der Waals surface area contributed by atoms with Crippen molar-refractivity contribution in [3.63, 3.8) is 0 Å². The molecule has 5 rings (SSSR count). The van der Waals surface area contributed by atoms with Crippen LogP contribution in [0, 0.1) is 0 Å². The third-order valence-corrected chi connectivity index (χ3v) is 7.52. The number of nitrogens with one attached hydrogen (secondary N) is 1. The maximum atomic E-state index is 12.8. The highest BCUT2D eigenvalue weighted by atomic mass is 35.5. The molecule has 1 aliphatic rings. The molecule has 1 aliphatic heterocycles. The number of thioether (sulfide) groups is 1. The van der Waals surface area contributed by atoms with Crippen molar-refractivity contribution in [3.05, 3.63) is 118 Å². The standard InChI is InChI=1S/C28H23ClN2O2S/c29-24-14-8-19(9-15-24)17-31-26(32)18-34-28(31)22-12-10-21(11-13-22)27(33)30-16-23-6-3-5-20-4-1-2-7-25(20)23/h1-15,28H,16-18H2,(H,30,33)/t28-/m0/s1. The summed E-state index contributed by atoms with van der Waals surface area (Å²) in [7, 11) is 0. The molecule has 170 valence electrons. The molecule has 2 amide bonds. The zero-order valence-electron chi connectivity index (χ0n) is 18.4. The molecule has 0 radical (unpaired) electrons. The van der Waals surface area contributed by atoms with E-state index in [4.69, 9.17) is 11.6 Å². The first-order valence-corrected chi connectivity index (χ1v) is 12.5. The predicted octanol–water partition coefficient (Wildman–Crippen LogP) is 6.20. The number of fused-ring (bicyclic) bond motifs is 1. The lowest BCUT2D eigenvalue weighted by molar-refractivity contribution is -0.128. The molecule has 4 aromatic carbocycles. The molecule has 0 unspecified atom stereocenters. The summed E-state index contributed by atoms with van der Waals surface area (Å²) < 4.78 is 0. The lowest BCUT2D eigenvalue weighted by Crippen LogP contribution is -2.27. The zero-order chi connectivity index (χ0) is 23.5. The average molecular weight is 487 g/mol. The fraction of sp³-hybridized carbons (Fsp3) is 0.143. The van der Waals surface area contributed by atoms with Gasteiger partial charge in [0.25, 0.3) is 5.91 Å². The smallest absolute Gasteiger partial charge is 0.251 e. The molecule has 0 aromatic heterocycles. The summed E-state index contributed by atoms with van der Waals surface area (Å²) in [5.41, 5.74) is 3.73. The Bertz CT molecular complexity index is 1330. The van der Waals surface area contributed by atoms with Crippen LogP contribution in [0.3, 0.4) is 0 Å². The van der Waals surface area contributed by atoms with Gasteiger partial charge in [-0.1, -0.05) is 78.3 Å². The monoisotopic (exact) mass is 486 g/mol. The van der Waals surface area contributed by atoms with Gasteiger partial charge < -0.3 is 10.2 Å². The molecule has 1 heterocycles. The Morgan fingerprint density at radius 3 is 2.47 bits per heavy atom. The second-order valence-corrected chi connectivity index (χ2v) is 9.76. The van der Waals surface area contributed by atoms with E-state index in [0.717, 1.165) is 27.5 Å². The molecular weight excluding hydrogens is 464 g/mol. The first-order chi connectivity index (χ1) is 16.6. The van der Waals surface area contributed by atoms with Gasteiger partial charge in [-0.3, -0.25) is 9.59 Å². The van der Waals surface area contributed by atoms with Gasteiger partial charge >= 0.3 is 0 Å². The second kappa shape index (κ2) is 9.92. The van der Waals surface area contributed by atoms with Crippen molar-refractivity contribution in [1.29, 1.82) is 0 Å². The van der Waals surface area contributed by atoms with Crippen molar-refractivity contribution in [1.82, 2.24) is 10.2 Å². The summed E-state index contributed by atoms with van der Waals surface area (Å²) in [6.07, 6.45) is 0. The first kappa shape index (κ1) is 22.5. The van der Waals surface area contributed by atoms with E-state index in [1.165, 1.54) is 0 Å². The molecule has 1 atom stereocenters. The van der Waals surface area contributed by atoms with Crippen LogP contribution < -0.4 is 5.32 Å². The van der Waals surface area contributed by atoms with E-state index >= 15 is 0 Å². The second-order valence-electron chi connectivity index (χ2n) is 8.25. The molecule has 6 heteroatoms. The van der Waals surface area contributed by atoms with E-state index in [-0.39, 0.29) is 17.2 Å². The predicted molar refractivity (Wildman–Crippen MR) is 139 cm³/mol. The van der Waals surface area contributed by atoms with Crippen molar-refractivity contribution in [3.8, 4) is 0 Å². The van der Waals surface area contributed by atoms with Crippen LogP contribution in [0.4, 0.5) is 0 Å². The number of halogens is 1. The lowest BCUT2D eigenvalue weighted by atomic mass is 10.0. The topological polar surface area (TPSA) is 49.4 Å². The molecule has 0 spiro atoms. The Labute approximate surface area is 207 Å². The minimum absolute atomic E-state index is 0.0732. The molecule has 4 aromatic rings. The van der Waals surface area contributed by atoms with E-state index < -0.39 is 0 Å². The summed E-state index contributed by atoms with van der Waals surface area (Å²) in [6, 6.07) is 29.4. The third kappa shape index (κ3) is 4.81. The normalized spacial score (nSPS) is 15.6. The molecule has 1 saturated heterocycles. The maximum absolute atomic E-state index is 12.8. The fourth-order valence-electron chi connectivity index (χ4n) is 4.21. The van der Waals surface area contributed by atoms with Crippen molar-refractivity contribution in [2.24, 2.45) is 0 Å². The highest BCUT2D eigenvalue weighted by Crippen LogP contribution is 2.39. The minimum atomic E-state index is -0.118. The van der Waals surface area contributed by atoms with Crippen LogP contribution in [0.25, 0.3) is 10.8 Å². The summed E-state index contributed by atoms with van der Waals surface area (Å²) >= 11 is 7.59. The zero-order valence-corrected chi connectivity index (χ0v) is 20.0. The summed E-state index contributed by atoms with van der Waals surface area (Å²) in [6.45, 7) is 0.991. The van der Waals surface area contributed by atoms with Gasteiger partial charge in [0.05, 0.1) is 5.75 Å². The van der Waals surface area contributed by atoms with Crippen LogP contribution in [0.5, 0.6) is 0 Å². The number of carbonyl (C=O) groups excluding carboxylic acids is 2. The molecule has 1 N–H and O–H groups in total. The van der Waals surface area contributed by atoms with Crippen LogP contribution in [-0.2, 0) is 17.9 Å². The molecule has 1 fully saturated rings. The van der Waals surface area contributed by atoms with Crippen LogP contribution in [-0.4, -0.2) is 22.5 Å². The van der Waals surface area contributed by atoms with Gasteiger partial charge in [-0.25, -0.2) is 0 Å². The van der Waals surface area contributed by atoms with Gasteiger partial charge in [0.2, 0.25) is 5.91 Å². The molecule has 0 saturated carbocycles. The van der Waals surface area contributed by atoms with Gasteiger partial charge in [-0.05, 0) is 51.7 Å². The Hall–Kier alpha value is -3.28. The van der Waals surface area contributed by atoms with E-state index in [1.54, 1.807) is 11.8 Å². The molecule has 4 nitrogen and oxygen atoms in total. The van der Waals surface area contributed by atoms with Gasteiger partial charge in [-0.15, -0.1) is 11.8 Å². The summed E-state index contributed by atoms with van der Waals surface area (Å²) in [5, 5.41) is 5.94. The van der Waals surface area contributed by atoms with Gasteiger partial charge in [0.1, 0.15) is 5.37 Å². The van der Waals surface area contributed by atoms with Crippen molar-refractivity contribution >= 4 is 45.9 Å². The minimum Gasteiger partial charge on any atom is -0.348 e. The fourth-order valence-corrected chi connectivity index (χ4v) is 5.52. The Balaban J connectivity index is 1.26. The lowest BCUT2D eigenvalue weighted by Gasteiger charge is -2.24. The number of carbonyl (C=O) groups is 2. The van der Waals surface area contributed by atoms with Crippen LogP contribution in [0.15, 0.2) is 91.0 Å². The largest absolute Gasteiger partial charge is 0.348 e. The number of rotatable bonds is 6. The number of nitrogens with zero attached hydrogens (tertiary/aromatic N) is 1. The third-order valence-electron chi connectivity index (χ3n) is 6.01. The molecule has 0 bridgehead atoms. The van der Waals surface area contributed by atoms with Crippen LogP contribution in [0.1, 0.15) is 32.4 Å². The van der Waals surface area contributed by atoms with E-state index in [0.29, 0.717) is 29.4 Å². The van der Waals surface area contributed by atoms with Crippen molar-refractivity contribution < 1.29 is 9.59 Å². The van der Waals surface area contributed by atoms with E-state index in [2.05, 4.69) is 23.5 Å². The number of hydrogen-bond donors (Lipinski definition) is 1. The molecule has 0 aliphatic carbocycles. The summed E-state index contributed by atoms with van der Waals surface area (Å²) in [5.74, 6) is 0.445. The molecular formula is C28H23ClN2O2S. The average Bonchev–Trinajstić information content (AvgIpc) is 3.23. The van der Waals surface area contributed by atoms with Crippen molar-refractivity contribution in [2.45, 2.75) is 18.5 Å². The number of benzene rings is 4. The Morgan fingerprint density at radius 2 is 1.68 bits per heavy atom. The van der Waals surface area contributed by atoms with Crippen molar-refractivity contribution in [2.75, 3.05) is 5.75 Å². The highest BCUT2D eigenvalue weighted by molar-refractivity contribution is 8.00. The molecule has 34 heavy (non-hydrogen) atoms. The number of amides is 2. The Morgan fingerprint density at radius 1 is 0.941 bits per heavy atom. The van der Waals surface area contributed by atoms with Gasteiger partial charge in [0, 0.05) is 23.7 Å². The number of hydrogen-bond acceptors (Lipinski definition) is 3.